The lowest BCUT2D eigenvalue weighted by Crippen LogP contribution is -2.14. The molecule has 1 heterocycles. The summed E-state index contributed by atoms with van der Waals surface area (Å²) in [6.45, 7) is 1.49. The minimum atomic E-state index is -0.256. The first kappa shape index (κ1) is 26.5. The van der Waals surface area contributed by atoms with E-state index in [1.165, 1.54) is 18.7 Å². The van der Waals surface area contributed by atoms with Gasteiger partial charge in [-0.15, -0.1) is 0 Å². The maximum Gasteiger partial charge on any atom is 0.234 e. The van der Waals surface area contributed by atoms with Crippen LogP contribution in [0.4, 0.5) is 5.69 Å². The topological polar surface area (TPSA) is 101 Å². The second-order valence-corrected chi connectivity index (χ2v) is 9.22. The SMILES string of the molecule is COc1ccc(-c2cc(-c3ccccc3)nc(SCC(=O)Nc3ccc(C(C)=O)cc3)c2C#N)cc1OC. The summed E-state index contributed by atoms with van der Waals surface area (Å²) in [6, 6.07) is 26.0. The van der Waals surface area contributed by atoms with Crippen LogP contribution >= 0.6 is 11.8 Å². The van der Waals surface area contributed by atoms with Gasteiger partial charge in [0.2, 0.25) is 5.91 Å². The van der Waals surface area contributed by atoms with E-state index in [-0.39, 0.29) is 17.4 Å². The number of aromatic nitrogens is 1. The lowest BCUT2D eigenvalue weighted by atomic mass is 9.99. The molecule has 0 spiro atoms. The number of benzene rings is 3. The number of hydrogen-bond donors (Lipinski definition) is 1. The number of ketones is 1. The molecule has 0 atom stereocenters. The van der Waals surface area contributed by atoms with E-state index in [0.717, 1.165) is 11.1 Å². The fraction of sp³-hybridized carbons (Fsp3) is 0.133. The zero-order chi connectivity index (χ0) is 27.1. The second kappa shape index (κ2) is 12.1. The number of anilines is 1. The Hall–Kier alpha value is -4.61. The Balaban J connectivity index is 1.68. The molecular formula is C30H25N3O4S. The van der Waals surface area contributed by atoms with Gasteiger partial charge in [-0.05, 0) is 55.0 Å². The van der Waals surface area contributed by atoms with Gasteiger partial charge in [-0.25, -0.2) is 4.98 Å². The fourth-order valence-corrected chi connectivity index (χ4v) is 4.64. The van der Waals surface area contributed by atoms with Gasteiger partial charge in [0.15, 0.2) is 17.3 Å². The van der Waals surface area contributed by atoms with Gasteiger partial charge in [0.25, 0.3) is 0 Å². The van der Waals surface area contributed by atoms with Crippen LogP contribution in [-0.4, -0.2) is 36.6 Å². The van der Waals surface area contributed by atoms with Crippen molar-refractivity contribution in [1.82, 2.24) is 4.98 Å². The molecule has 1 N–H and O–H groups in total. The number of pyridine rings is 1. The number of hydrogen-bond acceptors (Lipinski definition) is 7. The van der Waals surface area contributed by atoms with Gasteiger partial charge in [0, 0.05) is 22.4 Å². The van der Waals surface area contributed by atoms with Crippen LogP contribution in [0.3, 0.4) is 0 Å². The van der Waals surface area contributed by atoms with E-state index < -0.39 is 0 Å². The minimum absolute atomic E-state index is 0.0414. The summed E-state index contributed by atoms with van der Waals surface area (Å²) in [5, 5.41) is 13.4. The molecule has 3 aromatic carbocycles. The Morgan fingerprint density at radius 3 is 2.26 bits per heavy atom. The molecule has 0 aliphatic rings. The molecule has 7 nitrogen and oxygen atoms in total. The monoisotopic (exact) mass is 523 g/mol. The predicted molar refractivity (Wildman–Crippen MR) is 149 cm³/mol. The summed E-state index contributed by atoms with van der Waals surface area (Å²) in [7, 11) is 3.12. The molecule has 0 saturated carbocycles. The molecular weight excluding hydrogens is 498 g/mol. The fourth-order valence-electron chi connectivity index (χ4n) is 3.84. The van der Waals surface area contributed by atoms with Crippen LogP contribution in [0, 0.1) is 11.3 Å². The number of thioether (sulfide) groups is 1. The Bertz CT molecular complexity index is 1510. The first-order valence-corrected chi connectivity index (χ1v) is 12.7. The highest BCUT2D eigenvalue weighted by Crippen LogP contribution is 2.38. The molecule has 4 aromatic rings. The first-order chi connectivity index (χ1) is 18.4. The number of rotatable bonds is 9. The zero-order valence-corrected chi connectivity index (χ0v) is 22.0. The van der Waals surface area contributed by atoms with Crippen molar-refractivity contribution in [2.24, 2.45) is 0 Å². The zero-order valence-electron chi connectivity index (χ0n) is 21.1. The second-order valence-electron chi connectivity index (χ2n) is 8.25. The van der Waals surface area contributed by atoms with Crippen LogP contribution < -0.4 is 14.8 Å². The van der Waals surface area contributed by atoms with E-state index in [0.29, 0.717) is 44.6 Å². The Labute approximate surface area is 225 Å². The summed E-state index contributed by atoms with van der Waals surface area (Å²) in [6.07, 6.45) is 0. The largest absolute Gasteiger partial charge is 0.493 e. The molecule has 0 aliphatic carbocycles. The molecule has 1 aromatic heterocycles. The van der Waals surface area contributed by atoms with Crippen LogP contribution in [0.5, 0.6) is 11.5 Å². The molecule has 0 saturated heterocycles. The van der Waals surface area contributed by atoms with E-state index in [2.05, 4.69) is 11.4 Å². The molecule has 190 valence electrons. The van der Waals surface area contributed by atoms with Crippen molar-refractivity contribution >= 4 is 29.1 Å². The number of nitrogens with one attached hydrogen (secondary N) is 1. The molecule has 0 aliphatic heterocycles. The molecule has 4 rings (SSSR count). The summed E-state index contributed by atoms with van der Waals surface area (Å²) >= 11 is 1.19. The van der Waals surface area contributed by atoms with Crippen molar-refractivity contribution in [2.75, 3.05) is 25.3 Å². The van der Waals surface area contributed by atoms with E-state index in [1.54, 1.807) is 44.6 Å². The molecule has 0 bridgehead atoms. The lowest BCUT2D eigenvalue weighted by Gasteiger charge is -2.14. The third kappa shape index (κ3) is 6.02. The van der Waals surface area contributed by atoms with Crippen LogP contribution in [0.1, 0.15) is 22.8 Å². The molecule has 0 radical (unpaired) electrons. The summed E-state index contributed by atoms with van der Waals surface area (Å²) in [4.78, 5) is 29.0. The molecule has 1 amide bonds. The average molecular weight is 524 g/mol. The predicted octanol–water partition coefficient (Wildman–Crippen LogP) is 6.24. The van der Waals surface area contributed by atoms with Crippen LogP contribution in [0.15, 0.2) is 83.9 Å². The number of nitriles is 1. The Kier molecular flexibility index (Phi) is 8.41. The summed E-state index contributed by atoms with van der Waals surface area (Å²) in [5.74, 6) is 0.858. The first-order valence-electron chi connectivity index (χ1n) is 11.7. The van der Waals surface area contributed by atoms with E-state index in [1.807, 2.05) is 48.5 Å². The van der Waals surface area contributed by atoms with Gasteiger partial charge >= 0.3 is 0 Å². The third-order valence-electron chi connectivity index (χ3n) is 5.78. The molecule has 0 unspecified atom stereocenters. The molecule has 0 fully saturated rings. The number of nitrogens with zero attached hydrogens (tertiary/aromatic N) is 2. The summed E-state index contributed by atoms with van der Waals surface area (Å²) < 4.78 is 10.8. The maximum atomic E-state index is 12.7. The highest BCUT2D eigenvalue weighted by atomic mass is 32.2. The van der Waals surface area contributed by atoms with Crippen molar-refractivity contribution in [3.8, 4) is 40.0 Å². The van der Waals surface area contributed by atoms with Crippen molar-refractivity contribution in [3.05, 3.63) is 90.0 Å². The molecule has 38 heavy (non-hydrogen) atoms. The Morgan fingerprint density at radius 2 is 1.63 bits per heavy atom. The van der Waals surface area contributed by atoms with Gasteiger partial charge in [0.05, 0.1) is 31.2 Å². The van der Waals surface area contributed by atoms with Gasteiger partial charge in [-0.3, -0.25) is 9.59 Å². The summed E-state index contributed by atoms with van der Waals surface area (Å²) in [5.41, 5.74) is 4.51. The quantitative estimate of drug-likeness (QED) is 0.205. The van der Waals surface area contributed by atoms with Crippen molar-refractivity contribution in [1.29, 1.82) is 5.26 Å². The molecule has 8 heteroatoms. The number of carbonyl (C=O) groups excluding carboxylic acids is 2. The maximum absolute atomic E-state index is 12.7. The normalized spacial score (nSPS) is 10.4. The highest BCUT2D eigenvalue weighted by molar-refractivity contribution is 8.00. The number of Topliss-reactive ketones (excluding diaryl/α,β-unsaturated/α-hetero) is 1. The van der Waals surface area contributed by atoms with E-state index in [9.17, 15) is 14.9 Å². The smallest absolute Gasteiger partial charge is 0.234 e. The van der Waals surface area contributed by atoms with E-state index >= 15 is 0 Å². The number of methoxy groups -OCH3 is 2. The van der Waals surface area contributed by atoms with Crippen molar-refractivity contribution in [3.63, 3.8) is 0 Å². The Morgan fingerprint density at radius 1 is 0.921 bits per heavy atom. The standard InChI is InChI=1S/C30H25N3O4S/c1-19(34)20-9-12-23(13-10-20)32-29(35)18-38-30-25(17-31)24(16-26(33-30)21-7-5-4-6-8-21)22-11-14-27(36-2)28(15-22)37-3/h4-16H,18H2,1-3H3,(H,32,35). The lowest BCUT2D eigenvalue weighted by molar-refractivity contribution is -0.113. The number of amides is 1. The average Bonchev–Trinajstić information content (AvgIpc) is 2.95. The van der Waals surface area contributed by atoms with E-state index in [4.69, 9.17) is 14.5 Å². The van der Waals surface area contributed by atoms with Gasteiger partial charge in [-0.1, -0.05) is 48.2 Å². The van der Waals surface area contributed by atoms with Crippen molar-refractivity contribution in [2.45, 2.75) is 11.9 Å². The van der Waals surface area contributed by atoms with Gasteiger partial charge < -0.3 is 14.8 Å². The van der Waals surface area contributed by atoms with Crippen LogP contribution in [0.25, 0.3) is 22.4 Å². The van der Waals surface area contributed by atoms with Gasteiger partial charge in [-0.2, -0.15) is 5.26 Å². The number of ether oxygens (including phenoxy) is 2. The third-order valence-corrected chi connectivity index (χ3v) is 6.75. The van der Waals surface area contributed by atoms with Crippen molar-refractivity contribution < 1.29 is 19.1 Å². The highest BCUT2D eigenvalue weighted by Gasteiger charge is 2.18. The number of carbonyl (C=O) groups is 2. The van der Waals surface area contributed by atoms with Crippen LogP contribution in [0.2, 0.25) is 0 Å². The minimum Gasteiger partial charge on any atom is -0.493 e. The van der Waals surface area contributed by atoms with Crippen LogP contribution in [-0.2, 0) is 4.79 Å². The van der Waals surface area contributed by atoms with Gasteiger partial charge in [0.1, 0.15) is 11.1 Å².